The molecule has 0 aliphatic carbocycles. The normalized spacial score (nSPS) is 11.3. The largest absolute Gasteiger partial charge is 0.480 e. The number of aliphatic carboxylic acids is 1. The second-order valence-electron chi connectivity index (χ2n) is 4.60. The van der Waals surface area contributed by atoms with Crippen LogP contribution in [0, 0.1) is 38.7 Å². The van der Waals surface area contributed by atoms with Crippen molar-refractivity contribution in [2.45, 2.75) is 19.9 Å². The summed E-state index contributed by atoms with van der Waals surface area (Å²) in [5.41, 5.74) is -0.737. The first-order valence-electron chi connectivity index (χ1n) is 5.93. The lowest BCUT2D eigenvalue weighted by atomic mass is 10.0. The maximum Gasteiger partial charge on any atom is 0.326 e. The van der Waals surface area contributed by atoms with Crippen LogP contribution in [0.1, 0.15) is 25.0 Å². The number of hydrogen-bond acceptors (Lipinski definition) is 6. The van der Waals surface area contributed by atoms with E-state index in [1.807, 2.05) is 0 Å². The van der Waals surface area contributed by atoms with Gasteiger partial charge in [0.2, 0.25) is 0 Å². The second kappa shape index (κ2) is 6.35. The highest BCUT2D eigenvalue weighted by atomic mass is 16.6. The van der Waals surface area contributed by atoms with Crippen LogP contribution in [0.15, 0.2) is 12.1 Å². The van der Waals surface area contributed by atoms with Gasteiger partial charge in [0, 0.05) is 6.07 Å². The Kier molecular flexibility index (Phi) is 4.81. The highest BCUT2D eigenvalue weighted by Crippen LogP contribution is 2.29. The molecule has 0 heterocycles. The van der Waals surface area contributed by atoms with E-state index in [9.17, 15) is 14.9 Å². The molecule has 0 amide bonds. The molecule has 108 valence electrons. The molecular formula is C13H12N4O4. The predicted octanol–water partition coefficient (Wildman–Crippen LogP) is 1.86. The molecule has 0 unspecified atom stereocenters. The van der Waals surface area contributed by atoms with Crippen molar-refractivity contribution < 1.29 is 14.8 Å². The fourth-order valence-electron chi connectivity index (χ4n) is 1.72. The second-order valence-corrected chi connectivity index (χ2v) is 4.60. The van der Waals surface area contributed by atoms with Crippen molar-refractivity contribution >= 4 is 17.3 Å². The number of rotatable bonds is 5. The summed E-state index contributed by atoms with van der Waals surface area (Å²) in [5.74, 6) is -1.49. The summed E-state index contributed by atoms with van der Waals surface area (Å²) < 4.78 is 0. The van der Waals surface area contributed by atoms with Gasteiger partial charge < -0.3 is 10.4 Å². The zero-order chi connectivity index (χ0) is 16.2. The molecule has 0 aromatic heterocycles. The van der Waals surface area contributed by atoms with Crippen molar-refractivity contribution in [3.05, 3.63) is 33.4 Å². The van der Waals surface area contributed by atoms with Crippen molar-refractivity contribution in [2.24, 2.45) is 5.92 Å². The van der Waals surface area contributed by atoms with Crippen molar-refractivity contribution in [2.75, 3.05) is 5.32 Å². The minimum absolute atomic E-state index is 0.0569. The summed E-state index contributed by atoms with van der Waals surface area (Å²) in [6, 6.07) is 4.47. The van der Waals surface area contributed by atoms with Gasteiger partial charge in [-0.3, -0.25) is 10.1 Å². The SMILES string of the molecule is CC(C)[C@@H](Nc1cc(C#N)c(C#N)cc1[N+](=O)[O-])C(=O)O. The van der Waals surface area contributed by atoms with E-state index in [1.165, 1.54) is 0 Å². The van der Waals surface area contributed by atoms with E-state index >= 15 is 0 Å². The Morgan fingerprint density at radius 1 is 1.33 bits per heavy atom. The van der Waals surface area contributed by atoms with Crippen LogP contribution in [-0.4, -0.2) is 22.0 Å². The van der Waals surface area contributed by atoms with Gasteiger partial charge in [-0.1, -0.05) is 13.8 Å². The Balaban J connectivity index is 3.41. The summed E-state index contributed by atoms with van der Waals surface area (Å²) in [7, 11) is 0. The fourth-order valence-corrected chi connectivity index (χ4v) is 1.72. The number of nitriles is 2. The van der Waals surface area contributed by atoms with Crippen molar-refractivity contribution in [3.63, 3.8) is 0 Å². The van der Waals surface area contributed by atoms with E-state index in [-0.39, 0.29) is 22.7 Å². The van der Waals surface area contributed by atoms with Gasteiger partial charge in [0.05, 0.1) is 16.1 Å². The molecule has 8 heteroatoms. The van der Waals surface area contributed by atoms with Gasteiger partial charge in [0.1, 0.15) is 23.9 Å². The molecule has 1 rings (SSSR count). The average Bonchev–Trinajstić information content (AvgIpc) is 2.42. The number of anilines is 1. The standard InChI is InChI=1S/C13H12N4O4/c1-7(2)12(13(18)19)16-10-3-8(5-14)9(6-15)4-11(10)17(20)21/h3-4,7,12,16H,1-2H3,(H,18,19)/t12-/m1/s1. The first-order chi connectivity index (χ1) is 9.81. The molecule has 0 fully saturated rings. The minimum Gasteiger partial charge on any atom is -0.480 e. The Morgan fingerprint density at radius 2 is 1.86 bits per heavy atom. The average molecular weight is 288 g/mol. The van der Waals surface area contributed by atoms with Crippen LogP contribution in [0.4, 0.5) is 11.4 Å². The number of carboxylic acid groups (broad SMARTS) is 1. The molecule has 0 bridgehead atoms. The Morgan fingerprint density at radius 3 is 2.24 bits per heavy atom. The molecule has 1 atom stereocenters. The Bertz CT molecular complexity index is 670. The minimum atomic E-state index is -1.16. The van der Waals surface area contributed by atoms with Crippen LogP contribution < -0.4 is 5.32 Å². The zero-order valence-electron chi connectivity index (χ0n) is 11.3. The van der Waals surface area contributed by atoms with Crippen LogP contribution in [0.25, 0.3) is 0 Å². The van der Waals surface area contributed by atoms with E-state index in [4.69, 9.17) is 15.6 Å². The molecule has 1 aromatic carbocycles. The quantitative estimate of drug-likeness (QED) is 0.622. The molecule has 0 radical (unpaired) electrons. The number of hydrogen-bond donors (Lipinski definition) is 2. The summed E-state index contributed by atoms with van der Waals surface area (Å²) in [6.45, 7) is 3.29. The van der Waals surface area contributed by atoms with E-state index < -0.39 is 22.6 Å². The maximum atomic E-state index is 11.2. The molecular weight excluding hydrogens is 276 g/mol. The number of benzene rings is 1. The summed E-state index contributed by atoms with van der Waals surface area (Å²) in [5, 5.41) is 40.5. The molecule has 21 heavy (non-hydrogen) atoms. The van der Waals surface area contributed by atoms with Crippen LogP contribution in [0.3, 0.4) is 0 Å². The third-order valence-corrected chi connectivity index (χ3v) is 2.82. The molecule has 0 spiro atoms. The van der Waals surface area contributed by atoms with Gasteiger partial charge >= 0.3 is 5.97 Å². The number of carbonyl (C=O) groups is 1. The molecule has 0 saturated carbocycles. The first kappa shape index (κ1) is 15.9. The third-order valence-electron chi connectivity index (χ3n) is 2.82. The van der Waals surface area contributed by atoms with Crippen LogP contribution in [-0.2, 0) is 4.79 Å². The van der Waals surface area contributed by atoms with Crippen molar-refractivity contribution in [3.8, 4) is 12.1 Å². The van der Waals surface area contributed by atoms with Gasteiger partial charge in [-0.05, 0) is 12.0 Å². The topological polar surface area (TPSA) is 140 Å². The molecule has 0 saturated heterocycles. The van der Waals surface area contributed by atoms with E-state index in [0.29, 0.717) is 0 Å². The number of nitrogens with one attached hydrogen (secondary N) is 1. The highest BCUT2D eigenvalue weighted by molar-refractivity contribution is 5.80. The van der Waals surface area contributed by atoms with Crippen LogP contribution in [0.2, 0.25) is 0 Å². The third kappa shape index (κ3) is 3.45. The number of nitrogens with zero attached hydrogens (tertiary/aromatic N) is 3. The number of carboxylic acids is 1. The smallest absolute Gasteiger partial charge is 0.326 e. The lowest BCUT2D eigenvalue weighted by Gasteiger charge is -2.19. The van der Waals surface area contributed by atoms with Gasteiger partial charge in [0.15, 0.2) is 0 Å². The summed E-state index contributed by atoms with van der Waals surface area (Å²) in [6.07, 6.45) is 0. The molecule has 0 aliphatic rings. The first-order valence-corrected chi connectivity index (χ1v) is 5.93. The van der Waals surface area contributed by atoms with Gasteiger partial charge in [-0.2, -0.15) is 10.5 Å². The molecule has 1 aromatic rings. The fraction of sp³-hybridized carbons (Fsp3) is 0.308. The van der Waals surface area contributed by atoms with Gasteiger partial charge in [-0.25, -0.2) is 4.79 Å². The lowest BCUT2D eigenvalue weighted by molar-refractivity contribution is -0.384. The van der Waals surface area contributed by atoms with Crippen molar-refractivity contribution in [1.29, 1.82) is 10.5 Å². The summed E-state index contributed by atoms with van der Waals surface area (Å²) >= 11 is 0. The van der Waals surface area contributed by atoms with E-state index in [0.717, 1.165) is 12.1 Å². The highest BCUT2D eigenvalue weighted by Gasteiger charge is 2.26. The monoisotopic (exact) mass is 288 g/mol. The molecule has 0 aliphatic heterocycles. The predicted molar refractivity (Wildman–Crippen MR) is 72.4 cm³/mol. The lowest BCUT2D eigenvalue weighted by Crippen LogP contribution is -2.34. The Hall–Kier alpha value is -3.13. The zero-order valence-corrected chi connectivity index (χ0v) is 11.3. The molecule has 2 N–H and O–H groups in total. The molecule has 8 nitrogen and oxygen atoms in total. The van der Waals surface area contributed by atoms with E-state index in [2.05, 4.69) is 5.32 Å². The Labute approximate surface area is 120 Å². The van der Waals surface area contributed by atoms with Crippen LogP contribution >= 0.6 is 0 Å². The summed E-state index contributed by atoms with van der Waals surface area (Å²) in [4.78, 5) is 21.5. The van der Waals surface area contributed by atoms with Gasteiger partial charge in [0.25, 0.3) is 5.69 Å². The van der Waals surface area contributed by atoms with Gasteiger partial charge in [-0.15, -0.1) is 0 Å². The van der Waals surface area contributed by atoms with Crippen molar-refractivity contribution in [1.82, 2.24) is 0 Å². The van der Waals surface area contributed by atoms with Crippen LogP contribution in [0.5, 0.6) is 0 Å². The maximum absolute atomic E-state index is 11.2. The van der Waals surface area contributed by atoms with E-state index in [1.54, 1.807) is 26.0 Å². The number of nitro benzene ring substituents is 1. The number of nitro groups is 1.